The van der Waals surface area contributed by atoms with Crippen LogP contribution in [-0.4, -0.2) is 46.4 Å². The van der Waals surface area contributed by atoms with Crippen molar-refractivity contribution in [1.82, 2.24) is 0 Å². The molecule has 3 heterocycles. The van der Waals surface area contributed by atoms with Crippen molar-refractivity contribution in [2.75, 3.05) is 40.6 Å². The number of benzene rings is 1. The zero-order valence-electron chi connectivity index (χ0n) is 18.4. The fourth-order valence-electron chi connectivity index (χ4n) is 5.24. The highest BCUT2D eigenvalue weighted by Crippen LogP contribution is 2.46. The number of rotatable bonds is 8. The first-order valence-electron chi connectivity index (χ1n) is 11.2. The standard InChI is InChI=1S/C25H32O5S/c1-27-20-6-5-19(16-21(20)28-2)23(17-7-11-29-12-8-17)24(18-9-13-30-14-10-18)25(26)22-4-3-15-31-22/h3-6,15-18,23-24H,7-14H2,1-2H3. The Bertz CT molecular complexity index is 838. The summed E-state index contributed by atoms with van der Waals surface area (Å²) >= 11 is 1.55. The Balaban J connectivity index is 1.78. The van der Waals surface area contributed by atoms with Gasteiger partial charge in [0.25, 0.3) is 0 Å². The van der Waals surface area contributed by atoms with Gasteiger partial charge in [0.15, 0.2) is 17.3 Å². The first kappa shape index (κ1) is 22.3. The number of hydrogen-bond acceptors (Lipinski definition) is 6. The third-order valence-corrected chi connectivity index (χ3v) is 7.68. The van der Waals surface area contributed by atoms with E-state index in [-0.39, 0.29) is 17.6 Å². The van der Waals surface area contributed by atoms with Crippen molar-refractivity contribution in [2.45, 2.75) is 31.6 Å². The molecular weight excluding hydrogens is 412 g/mol. The Morgan fingerprint density at radius 2 is 1.58 bits per heavy atom. The highest BCUT2D eigenvalue weighted by atomic mass is 32.1. The molecule has 31 heavy (non-hydrogen) atoms. The van der Waals surface area contributed by atoms with Crippen LogP contribution < -0.4 is 9.47 Å². The summed E-state index contributed by atoms with van der Waals surface area (Å²) < 4.78 is 22.4. The quantitative estimate of drug-likeness (QED) is 0.524. The van der Waals surface area contributed by atoms with Gasteiger partial charge in [0, 0.05) is 32.3 Å². The Labute approximate surface area is 188 Å². The van der Waals surface area contributed by atoms with Crippen LogP contribution in [0, 0.1) is 17.8 Å². The fraction of sp³-hybridized carbons (Fsp3) is 0.560. The van der Waals surface area contributed by atoms with Crippen molar-refractivity contribution in [1.29, 1.82) is 0 Å². The molecule has 2 saturated heterocycles. The zero-order valence-corrected chi connectivity index (χ0v) is 19.2. The van der Waals surface area contributed by atoms with Gasteiger partial charge in [0.05, 0.1) is 19.1 Å². The summed E-state index contributed by atoms with van der Waals surface area (Å²) in [5.41, 5.74) is 1.16. The first-order chi connectivity index (χ1) is 15.2. The van der Waals surface area contributed by atoms with Crippen molar-refractivity contribution in [3.05, 3.63) is 46.2 Å². The molecule has 0 N–H and O–H groups in total. The van der Waals surface area contributed by atoms with Crippen LogP contribution in [0.2, 0.25) is 0 Å². The molecule has 2 fully saturated rings. The number of methoxy groups -OCH3 is 2. The van der Waals surface area contributed by atoms with Gasteiger partial charge in [-0.25, -0.2) is 0 Å². The number of thiophene rings is 1. The Hall–Kier alpha value is -1.89. The number of hydrogen-bond donors (Lipinski definition) is 0. The van der Waals surface area contributed by atoms with Crippen LogP contribution >= 0.6 is 11.3 Å². The summed E-state index contributed by atoms with van der Waals surface area (Å²) in [7, 11) is 3.32. The largest absolute Gasteiger partial charge is 0.493 e. The minimum atomic E-state index is -0.0799. The molecule has 1 aromatic heterocycles. The van der Waals surface area contributed by atoms with Crippen molar-refractivity contribution in [3.63, 3.8) is 0 Å². The van der Waals surface area contributed by atoms with Gasteiger partial charge in [0.1, 0.15) is 0 Å². The van der Waals surface area contributed by atoms with E-state index >= 15 is 0 Å². The molecule has 2 atom stereocenters. The summed E-state index contributed by atoms with van der Waals surface area (Å²) in [5.74, 6) is 2.43. The number of carbonyl (C=O) groups excluding carboxylic acids is 1. The number of ether oxygens (including phenoxy) is 4. The third-order valence-electron chi connectivity index (χ3n) is 6.79. The van der Waals surface area contributed by atoms with E-state index in [1.54, 1.807) is 25.6 Å². The van der Waals surface area contributed by atoms with Gasteiger partial charge in [-0.2, -0.15) is 0 Å². The lowest BCUT2D eigenvalue weighted by molar-refractivity contribution is 0.0174. The van der Waals surface area contributed by atoms with E-state index in [1.165, 1.54) is 0 Å². The van der Waals surface area contributed by atoms with Crippen LogP contribution in [-0.2, 0) is 9.47 Å². The zero-order chi connectivity index (χ0) is 21.6. The van der Waals surface area contributed by atoms with Crippen molar-refractivity contribution in [2.24, 2.45) is 17.8 Å². The normalized spacial score (nSPS) is 20.2. The van der Waals surface area contributed by atoms with E-state index in [0.717, 1.165) is 62.6 Å². The highest BCUT2D eigenvalue weighted by Gasteiger charge is 2.42. The van der Waals surface area contributed by atoms with Gasteiger partial charge in [-0.05, 0) is 72.6 Å². The second-order valence-corrected chi connectivity index (χ2v) is 9.35. The Morgan fingerprint density at radius 1 is 0.935 bits per heavy atom. The molecule has 0 aliphatic carbocycles. The summed E-state index contributed by atoms with van der Waals surface area (Å²) in [6, 6.07) is 10.1. The van der Waals surface area contributed by atoms with Crippen LogP contribution in [0.25, 0.3) is 0 Å². The van der Waals surface area contributed by atoms with Gasteiger partial charge < -0.3 is 18.9 Å². The molecule has 0 saturated carbocycles. The predicted molar refractivity (Wildman–Crippen MR) is 122 cm³/mol. The molecule has 2 aliphatic rings. The second-order valence-electron chi connectivity index (χ2n) is 8.41. The lowest BCUT2D eigenvalue weighted by atomic mass is 9.66. The SMILES string of the molecule is COc1ccc(C(C2CCOCC2)C(C(=O)c2cccs2)C2CCOCC2)cc1OC. The van der Waals surface area contributed by atoms with E-state index in [0.29, 0.717) is 23.3 Å². The number of carbonyl (C=O) groups is 1. The Kier molecular flexibility index (Phi) is 7.64. The van der Waals surface area contributed by atoms with Gasteiger partial charge in [-0.3, -0.25) is 4.79 Å². The van der Waals surface area contributed by atoms with E-state index in [2.05, 4.69) is 12.1 Å². The average Bonchev–Trinajstić information content (AvgIpc) is 3.38. The molecule has 0 bridgehead atoms. The predicted octanol–water partition coefficient (Wildman–Crippen LogP) is 5.20. The molecule has 168 valence electrons. The van der Waals surface area contributed by atoms with Gasteiger partial charge >= 0.3 is 0 Å². The van der Waals surface area contributed by atoms with E-state index in [4.69, 9.17) is 18.9 Å². The number of Topliss-reactive ketones (excluding diaryl/α,β-unsaturated/α-hetero) is 1. The highest BCUT2D eigenvalue weighted by molar-refractivity contribution is 7.12. The molecule has 0 radical (unpaired) electrons. The Morgan fingerprint density at radius 3 is 2.16 bits per heavy atom. The molecule has 6 heteroatoms. The molecule has 0 amide bonds. The molecule has 4 rings (SSSR count). The average molecular weight is 445 g/mol. The summed E-state index contributed by atoms with van der Waals surface area (Å²) in [5, 5.41) is 1.99. The second kappa shape index (κ2) is 10.6. The minimum absolute atomic E-state index is 0.0799. The first-order valence-corrected chi connectivity index (χ1v) is 12.1. The molecule has 5 nitrogen and oxygen atoms in total. The number of ketones is 1. The molecule has 2 aliphatic heterocycles. The lowest BCUT2D eigenvalue weighted by Gasteiger charge is -2.40. The topological polar surface area (TPSA) is 54.0 Å². The van der Waals surface area contributed by atoms with Crippen LogP contribution in [0.15, 0.2) is 35.7 Å². The minimum Gasteiger partial charge on any atom is -0.493 e. The summed E-state index contributed by atoms with van der Waals surface area (Å²) in [4.78, 5) is 14.8. The maximum atomic E-state index is 13.9. The van der Waals surface area contributed by atoms with Crippen LogP contribution in [0.5, 0.6) is 11.5 Å². The third kappa shape index (κ3) is 4.97. The van der Waals surface area contributed by atoms with E-state index in [9.17, 15) is 4.79 Å². The molecule has 1 aromatic carbocycles. The van der Waals surface area contributed by atoms with Crippen LogP contribution in [0.4, 0.5) is 0 Å². The smallest absolute Gasteiger partial charge is 0.176 e. The van der Waals surface area contributed by atoms with Crippen LogP contribution in [0.3, 0.4) is 0 Å². The summed E-state index contributed by atoms with van der Waals surface area (Å²) in [6.45, 7) is 2.96. The van der Waals surface area contributed by atoms with Crippen LogP contribution in [0.1, 0.15) is 46.8 Å². The molecule has 0 spiro atoms. The monoisotopic (exact) mass is 444 g/mol. The maximum Gasteiger partial charge on any atom is 0.176 e. The molecule has 2 aromatic rings. The maximum absolute atomic E-state index is 13.9. The van der Waals surface area contributed by atoms with Crippen molar-refractivity contribution >= 4 is 17.1 Å². The van der Waals surface area contributed by atoms with Crippen molar-refractivity contribution < 1.29 is 23.7 Å². The van der Waals surface area contributed by atoms with Gasteiger partial charge in [-0.1, -0.05) is 12.1 Å². The lowest BCUT2D eigenvalue weighted by Crippen LogP contribution is -2.38. The van der Waals surface area contributed by atoms with Crippen molar-refractivity contribution in [3.8, 4) is 11.5 Å². The van der Waals surface area contributed by atoms with Gasteiger partial charge in [-0.15, -0.1) is 11.3 Å². The van der Waals surface area contributed by atoms with E-state index in [1.807, 2.05) is 23.6 Å². The molecule has 2 unspecified atom stereocenters. The van der Waals surface area contributed by atoms with Gasteiger partial charge in [0.2, 0.25) is 0 Å². The molecular formula is C25H32O5S. The fourth-order valence-corrected chi connectivity index (χ4v) is 5.95. The van der Waals surface area contributed by atoms with E-state index < -0.39 is 0 Å². The summed E-state index contributed by atoms with van der Waals surface area (Å²) in [6.07, 6.45) is 3.79.